The first-order chi connectivity index (χ1) is 13.1. The summed E-state index contributed by atoms with van der Waals surface area (Å²) in [7, 11) is 0. The van der Waals surface area contributed by atoms with Gasteiger partial charge in [-0.2, -0.15) is 0 Å². The van der Waals surface area contributed by atoms with Crippen molar-refractivity contribution < 1.29 is 9.53 Å². The van der Waals surface area contributed by atoms with Gasteiger partial charge in [0.2, 0.25) is 0 Å². The third-order valence-electron chi connectivity index (χ3n) is 5.03. The second kappa shape index (κ2) is 10.1. The van der Waals surface area contributed by atoms with Gasteiger partial charge < -0.3 is 19.9 Å². The molecule has 1 fully saturated rings. The molecule has 1 aliphatic rings. The van der Waals surface area contributed by atoms with E-state index in [1.807, 2.05) is 30.3 Å². The lowest BCUT2D eigenvalue weighted by atomic mass is 10.1. The van der Waals surface area contributed by atoms with Gasteiger partial charge in [0.05, 0.1) is 0 Å². The van der Waals surface area contributed by atoms with Crippen molar-refractivity contribution in [3.8, 4) is 5.75 Å². The highest BCUT2D eigenvalue weighted by Crippen LogP contribution is 2.24. The third-order valence-corrected chi connectivity index (χ3v) is 5.52. The van der Waals surface area contributed by atoms with Gasteiger partial charge >= 0.3 is 0 Å². The van der Waals surface area contributed by atoms with E-state index in [1.165, 1.54) is 0 Å². The second-order valence-corrected chi connectivity index (χ2v) is 7.84. The van der Waals surface area contributed by atoms with E-state index in [2.05, 4.69) is 44.0 Å². The van der Waals surface area contributed by atoms with E-state index in [9.17, 15) is 4.79 Å². The van der Waals surface area contributed by atoms with E-state index in [-0.39, 0.29) is 12.5 Å². The Bertz CT molecular complexity index is 760. The molecule has 146 valence electrons. The van der Waals surface area contributed by atoms with Gasteiger partial charge in [-0.15, -0.1) is 0 Å². The number of halogens is 1. The second-order valence-electron chi connectivity index (χ2n) is 6.92. The number of likely N-dealkylation sites (N-methyl/N-ethyl adjacent to an activating group) is 1. The molecule has 1 heterocycles. The Morgan fingerprint density at radius 1 is 1.07 bits per heavy atom. The predicted molar refractivity (Wildman–Crippen MR) is 113 cm³/mol. The molecule has 27 heavy (non-hydrogen) atoms. The number of carbonyl (C=O) groups is 1. The van der Waals surface area contributed by atoms with E-state index < -0.39 is 0 Å². The maximum Gasteiger partial charge on any atom is 0.257 e. The van der Waals surface area contributed by atoms with E-state index in [4.69, 9.17) is 4.74 Å². The monoisotopic (exact) mass is 433 g/mol. The van der Waals surface area contributed by atoms with Gasteiger partial charge in [0.1, 0.15) is 5.75 Å². The lowest BCUT2D eigenvalue weighted by Crippen LogP contribution is -2.46. The van der Waals surface area contributed by atoms with Gasteiger partial charge in [-0.05, 0) is 54.5 Å². The number of piperazine rings is 1. The summed E-state index contributed by atoms with van der Waals surface area (Å²) in [4.78, 5) is 16.9. The zero-order chi connectivity index (χ0) is 19.1. The zero-order valence-electron chi connectivity index (χ0n) is 15.9. The molecule has 3 rings (SSSR count). The van der Waals surface area contributed by atoms with Gasteiger partial charge in [0.15, 0.2) is 6.61 Å². The molecule has 0 aliphatic carbocycles. The molecule has 0 aromatic heterocycles. The largest absolute Gasteiger partial charge is 0.484 e. The minimum atomic E-state index is -0.0679. The zero-order valence-corrected chi connectivity index (χ0v) is 17.5. The standard InChI is InChI=1S/C21H28BrN3O2/c1-2-24-10-12-25(13-11-24)9-3-8-23-21(26)16-27-20-7-5-17-14-19(22)6-4-18(17)15-20/h4-7,14-15H,2-3,8-13,16H2,1H3,(H,23,26). The molecule has 0 bridgehead atoms. The molecule has 0 unspecified atom stereocenters. The molecule has 0 saturated carbocycles. The van der Waals surface area contributed by atoms with Gasteiger partial charge in [-0.1, -0.05) is 35.0 Å². The smallest absolute Gasteiger partial charge is 0.257 e. The molecule has 0 atom stereocenters. The first kappa shape index (κ1) is 20.1. The van der Waals surface area contributed by atoms with Crippen LogP contribution in [0.25, 0.3) is 10.8 Å². The van der Waals surface area contributed by atoms with Crippen LogP contribution in [-0.4, -0.2) is 68.1 Å². The first-order valence-electron chi connectivity index (χ1n) is 9.67. The Labute approximate surface area is 169 Å². The minimum Gasteiger partial charge on any atom is -0.484 e. The third kappa shape index (κ3) is 6.19. The lowest BCUT2D eigenvalue weighted by Gasteiger charge is -2.33. The van der Waals surface area contributed by atoms with Crippen LogP contribution < -0.4 is 10.1 Å². The highest BCUT2D eigenvalue weighted by atomic mass is 79.9. The number of nitrogens with one attached hydrogen (secondary N) is 1. The van der Waals surface area contributed by atoms with E-state index in [0.717, 1.165) is 60.9 Å². The fourth-order valence-electron chi connectivity index (χ4n) is 3.34. The van der Waals surface area contributed by atoms with Crippen molar-refractivity contribution in [2.24, 2.45) is 0 Å². The van der Waals surface area contributed by atoms with Crippen LogP contribution >= 0.6 is 15.9 Å². The van der Waals surface area contributed by atoms with E-state index in [1.54, 1.807) is 0 Å². The Morgan fingerprint density at radius 3 is 2.56 bits per heavy atom. The molecule has 1 saturated heterocycles. The summed E-state index contributed by atoms with van der Waals surface area (Å²) in [5, 5.41) is 5.19. The van der Waals surface area contributed by atoms with Crippen LogP contribution in [0.15, 0.2) is 40.9 Å². The molecule has 2 aromatic carbocycles. The van der Waals surface area contributed by atoms with Gasteiger partial charge in [-0.3, -0.25) is 4.79 Å². The summed E-state index contributed by atoms with van der Waals surface area (Å²) in [5.74, 6) is 0.649. The highest BCUT2D eigenvalue weighted by Gasteiger charge is 2.14. The van der Waals surface area contributed by atoms with Crippen molar-refractivity contribution >= 4 is 32.6 Å². The van der Waals surface area contributed by atoms with Crippen molar-refractivity contribution in [2.45, 2.75) is 13.3 Å². The number of benzene rings is 2. The number of amides is 1. The van der Waals surface area contributed by atoms with Crippen LogP contribution in [0.4, 0.5) is 0 Å². The summed E-state index contributed by atoms with van der Waals surface area (Å²) < 4.78 is 6.69. The number of nitrogens with zero attached hydrogens (tertiary/aromatic N) is 2. The summed E-state index contributed by atoms with van der Waals surface area (Å²) in [5.41, 5.74) is 0. The molecule has 6 heteroatoms. The van der Waals surface area contributed by atoms with E-state index in [0.29, 0.717) is 12.3 Å². The fraction of sp³-hybridized carbons (Fsp3) is 0.476. The van der Waals surface area contributed by atoms with Crippen LogP contribution in [-0.2, 0) is 4.79 Å². The molecule has 1 N–H and O–H groups in total. The van der Waals surface area contributed by atoms with Crippen LogP contribution in [0, 0.1) is 0 Å². The highest BCUT2D eigenvalue weighted by molar-refractivity contribution is 9.10. The normalized spacial score (nSPS) is 15.8. The van der Waals surface area contributed by atoms with Crippen molar-refractivity contribution in [3.05, 3.63) is 40.9 Å². The lowest BCUT2D eigenvalue weighted by molar-refractivity contribution is -0.123. The molecule has 0 radical (unpaired) electrons. The number of ether oxygens (including phenoxy) is 1. The minimum absolute atomic E-state index is 0.0528. The van der Waals surface area contributed by atoms with Crippen LogP contribution in [0.2, 0.25) is 0 Å². The number of hydrogen-bond donors (Lipinski definition) is 1. The Hall–Kier alpha value is -1.63. The molecule has 0 spiro atoms. The molecule has 1 aliphatic heterocycles. The average molecular weight is 434 g/mol. The topological polar surface area (TPSA) is 44.8 Å². The fourth-order valence-corrected chi connectivity index (χ4v) is 3.72. The maximum atomic E-state index is 12.0. The van der Waals surface area contributed by atoms with Crippen LogP contribution in [0.5, 0.6) is 5.75 Å². The van der Waals surface area contributed by atoms with Crippen LogP contribution in [0.3, 0.4) is 0 Å². The van der Waals surface area contributed by atoms with Crippen molar-refractivity contribution in [3.63, 3.8) is 0 Å². The van der Waals surface area contributed by atoms with Crippen molar-refractivity contribution in [2.75, 3.05) is 52.4 Å². The van der Waals surface area contributed by atoms with E-state index >= 15 is 0 Å². The van der Waals surface area contributed by atoms with Gasteiger partial charge in [0.25, 0.3) is 5.91 Å². The van der Waals surface area contributed by atoms with Crippen LogP contribution in [0.1, 0.15) is 13.3 Å². The maximum absolute atomic E-state index is 12.0. The SMILES string of the molecule is CCN1CCN(CCCNC(=O)COc2ccc3cc(Br)ccc3c2)CC1. The Kier molecular flexibility index (Phi) is 7.50. The van der Waals surface area contributed by atoms with Crippen molar-refractivity contribution in [1.82, 2.24) is 15.1 Å². The molecular weight excluding hydrogens is 406 g/mol. The number of fused-ring (bicyclic) bond motifs is 1. The molecule has 5 nitrogen and oxygen atoms in total. The first-order valence-corrected chi connectivity index (χ1v) is 10.5. The average Bonchev–Trinajstić information content (AvgIpc) is 2.70. The van der Waals surface area contributed by atoms with Gasteiger partial charge in [0, 0.05) is 37.2 Å². The summed E-state index contributed by atoms with van der Waals surface area (Å²) in [6, 6.07) is 12.0. The molecular formula is C21H28BrN3O2. The quantitative estimate of drug-likeness (QED) is 0.649. The summed E-state index contributed by atoms with van der Waals surface area (Å²) in [6.07, 6.45) is 0.975. The van der Waals surface area contributed by atoms with Crippen molar-refractivity contribution in [1.29, 1.82) is 0 Å². The number of rotatable bonds is 8. The number of hydrogen-bond acceptors (Lipinski definition) is 4. The Morgan fingerprint density at radius 2 is 1.78 bits per heavy atom. The predicted octanol–water partition coefficient (Wildman–Crippen LogP) is 3.12. The summed E-state index contributed by atoms with van der Waals surface area (Å²) >= 11 is 3.47. The number of carbonyl (C=O) groups excluding carboxylic acids is 1. The molecule has 2 aromatic rings. The summed E-state index contributed by atoms with van der Waals surface area (Å²) in [6.45, 7) is 9.70. The molecule has 1 amide bonds. The van der Waals surface area contributed by atoms with Gasteiger partial charge in [-0.25, -0.2) is 0 Å². The Balaban J connectivity index is 1.33.